The van der Waals surface area contributed by atoms with Crippen molar-refractivity contribution in [2.75, 3.05) is 6.26 Å². The van der Waals surface area contributed by atoms with Crippen molar-refractivity contribution in [2.24, 2.45) is 0 Å². The van der Waals surface area contributed by atoms with Crippen molar-refractivity contribution in [3.63, 3.8) is 0 Å². The van der Waals surface area contributed by atoms with Gasteiger partial charge in [-0.15, -0.1) is 11.8 Å². The van der Waals surface area contributed by atoms with Gasteiger partial charge in [-0.25, -0.2) is 15.0 Å². The van der Waals surface area contributed by atoms with Crippen LogP contribution in [0.1, 0.15) is 5.69 Å². The van der Waals surface area contributed by atoms with Crippen LogP contribution in [0.5, 0.6) is 0 Å². The van der Waals surface area contributed by atoms with Crippen molar-refractivity contribution in [3.05, 3.63) is 72.4 Å². The molecule has 0 saturated heterocycles. The summed E-state index contributed by atoms with van der Waals surface area (Å²) in [6, 6.07) is 22.5. The normalized spacial score (nSPS) is 11.0. The summed E-state index contributed by atoms with van der Waals surface area (Å²) < 4.78 is 0. The predicted octanol–water partition coefficient (Wildman–Crippen LogP) is 5.39. The van der Waals surface area contributed by atoms with E-state index in [1.54, 1.807) is 11.8 Å². The van der Waals surface area contributed by atoms with Crippen molar-refractivity contribution in [1.82, 2.24) is 15.0 Å². The predicted molar refractivity (Wildman–Crippen MR) is 105 cm³/mol. The van der Waals surface area contributed by atoms with Gasteiger partial charge in [0, 0.05) is 21.5 Å². The molecule has 0 N–H and O–H groups in total. The number of benzene rings is 2. The van der Waals surface area contributed by atoms with Gasteiger partial charge in [0.05, 0.1) is 11.2 Å². The van der Waals surface area contributed by atoms with Crippen LogP contribution in [0.25, 0.3) is 33.7 Å². The standard InChI is InChI=1S/C21H17N3S/c1-14-7-6-10-19(22-14)21-23-18-12-11-16(25-2)13-17(18)20(24-21)15-8-4-3-5-9-15/h3-13H,1-2H3. The van der Waals surface area contributed by atoms with Crippen LogP contribution in [-0.2, 0) is 0 Å². The van der Waals surface area contributed by atoms with Gasteiger partial charge in [-0.3, -0.25) is 0 Å². The number of nitrogens with zero attached hydrogens (tertiary/aromatic N) is 3. The number of hydrogen-bond acceptors (Lipinski definition) is 4. The molecule has 25 heavy (non-hydrogen) atoms. The zero-order valence-corrected chi connectivity index (χ0v) is 14.9. The third-order valence-corrected chi connectivity index (χ3v) is 4.79. The minimum atomic E-state index is 0.659. The Hall–Kier alpha value is -2.72. The first-order chi connectivity index (χ1) is 12.2. The summed E-state index contributed by atoms with van der Waals surface area (Å²) >= 11 is 1.72. The Labute approximate surface area is 151 Å². The van der Waals surface area contributed by atoms with Gasteiger partial charge in [0.1, 0.15) is 5.69 Å². The maximum atomic E-state index is 4.88. The first-order valence-electron chi connectivity index (χ1n) is 8.10. The van der Waals surface area contributed by atoms with Crippen molar-refractivity contribution in [2.45, 2.75) is 11.8 Å². The number of rotatable bonds is 3. The number of thioether (sulfide) groups is 1. The molecule has 0 spiro atoms. The molecule has 122 valence electrons. The Balaban J connectivity index is 2.01. The third-order valence-electron chi connectivity index (χ3n) is 4.07. The lowest BCUT2D eigenvalue weighted by atomic mass is 10.1. The molecule has 0 aliphatic rings. The number of pyridine rings is 1. The fourth-order valence-corrected chi connectivity index (χ4v) is 3.27. The second-order valence-corrected chi connectivity index (χ2v) is 6.69. The van der Waals surface area contributed by atoms with E-state index in [-0.39, 0.29) is 0 Å². The van der Waals surface area contributed by atoms with Crippen LogP contribution >= 0.6 is 11.8 Å². The molecule has 3 nitrogen and oxygen atoms in total. The van der Waals surface area contributed by atoms with Crippen molar-refractivity contribution in [3.8, 4) is 22.8 Å². The Morgan fingerprint density at radius 1 is 0.800 bits per heavy atom. The molecule has 0 fully saturated rings. The van der Waals surface area contributed by atoms with Gasteiger partial charge in [-0.05, 0) is 43.5 Å². The molecule has 0 aliphatic carbocycles. The Kier molecular flexibility index (Phi) is 4.20. The summed E-state index contributed by atoms with van der Waals surface area (Å²) in [6.45, 7) is 1.98. The molecule has 4 heteroatoms. The third kappa shape index (κ3) is 3.13. The van der Waals surface area contributed by atoms with Crippen LogP contribution in [0.15, 0.2) is 71.6 Å². The monoisotopic (exact) mass is 343 g/mol. The van der Waals surface area contributed by atoms with E-state index in [2.05, 4.69) is 41.6 Å². The van der Waals surface area contributed by atoms with E-state index in [1.165, 1.54) is 4.90 Å². The lowest BCUT2D eigenvalue weighted by Gasteiger charge is -2.10. The SMILES string of the molecule is CSc1ccc2nc(-c3cccc(C)n3)nc(-c3ccccc3)c2c1. The molecule has 4 aromatic rings. The molecular weight excluding hydrogens is 326 g/mol. The van der Waals surface area contributed by atoms with Crippen LogP contribution < -0.4 is 0 Å². The van der Waals surface area contributed by atoms with E-state index in [9.17, 15) is 0 Å². The van der Waals surface area contributed by atoms with E-state index in [0.29, 0.717) is 5.82 Å². The van der Waals surface area contributed by atoms with Gasteiger partial charge in [0.25, 0.3) is 0 Å². The fraction of sp³-hybridized carbons (Fsp3) is 0.0952. The van der Waals surface area contributed by atoms with E-state index >= 15 is 0 Å². The lowest BCUT2D eigenvalue weighted by Crippen LogP contribution is -1.97. The highest BCUT2D eigenvalue weighted by atomic mass is 32.2. The maximum Gasteiger partial charge on any atom is 0.179 e. The minimum Gasteiger partial charge on any atom is -0.250 e. The summed E-state index contributed by atoms with van der Waals surface area (Å²) in [5.74, 6) is 0.659. The second kappa shape index (κ2) is 6.65. The van der Waals surface area contributed by atoms with E-state index in [0.717, 1.165) is 33.5 Å². The fourth-order valence-electron chi connectivity index (χ4n) is 2.83. The molecule has 0 amide bonds. The molecule has 0 saturated carbocycles. The van der Waals surface area contributed by atoms with Gasteiger partial charge in [0.2, 0.25) is 0 Å². The summed E-state index contributed by atoms with van der Waals surface area (Å²) in [7, 11) is 0. The number of hydrogen-bond donors (Lipinski definition) is 0. The Morgan fingerprint density at radius 3 is 2.40 bits per heavy atom. The largest absolute Gasteiger partial charge is 0.250 e. The van der Waals surface area contributed by atoms with E-state index < -0.39 is 0 Å². The van der Waals surface area contributed by atoms with Crippen molar-refractivity contribution < 1.29 is 0 Å². The van der Waals surface area contributed by atoms with Crippen LogP contribution in [0.3, 0.4) is 0 Å². The highest BCUT2D eigenvalue weighted by Crippen LogP contribution is 2.31. The highest BCUT2D eigenvalue weighted by molar-refractivity contribution is 7.98. The van der Waals surface area contributed by atoms with E-state index in [1.807, 2.05) is 43.3 Å². The molecule has 2 aromatic carbocycles. The summed E-state index contributed by atoms with van der Waals surface area (Å²) in [4.78, 5) is 15.4. The summed E-state index contributed by atoms with van der Waals surface area (Å²) in [6.07, 6.45) is 2.08. The zero-order chi connectivity index (χ0) is 17.2. The van der Waals surface area contributed by atoms with Crippen LogP contribution in [0, 0.1) is 6.92 Å². The quantitative estimate of drug-likeness (QED) is 0.468. The summed E-state index contributed by atoms with van der Waals surface area (Å²) in [5, 5.41) is 1.06. The minimum absolute atomic E-state index is 0.659. The molecular formula is C21H17N3S. The Morgan fingerprint density at radius 2 is 1.64 bits per heavy atom. The molecule has 0 aliphatic heterocycles. The van der Waals surface area contributed by atoms with Gasteiger partial charge < -0.3 is 0 Å². The first kappa shape index (κ1) is 15.8. The number of aromatic nitrogens is 3. The zero-order valence-electron chi connectivity index (χ0n) is 14.1. The molecule has 0 atom stereocenters. The van der Waals surface area contributed by atoms with Gasteiger partial charge in [-0.2, -0.15) is 0 Å². The molecule has 4 rings (SSSR count). The second-order valence-electron chi connectivity index (χ2n) is 5.81. The maximum absolute atomic E-state index is 4.88. The molecule has 2 heterocycles. The lowest BCUT2D eigenvalue weighted by molar-refractivity contribution is 1.14. The Bertz CT molecular complexity index is 1050. The number of fused-ring (bicyclic) bond motifs is 1. The van der Waals surface area contributed by atoms with Crippen molar-refractivity contribution >= 4 is 22.7 Å². The van der Waals surface area contributed by atoms with Gasteiger partial charge >= 0.3 is 0 Å². The van der Waals surface area contributed by atoms with Gasteiger partial charge in [-0.1, -0.05) is 36.4 Å². The topological polar surface area (TPSA) is 38.7 Å². The number of aryl methyl sites for hydroxylation is 1. The average molecular weight is 343 g/mol. The molecule has 2 aromatic heterocycles. The smallest absolute Gasteiger partial charge is 0.179 e. The van der Waals surface area contributed by atoms with Crippen LogP contribution in [-0.4, -0.2) is 21.2 Å². The average Bonchev–Trinajstić information content (AvgIpc) is 2.67. The molecule has 0 bridgehead atoms. The first-order valence-corrected chi connectivity index (χ1v) is 9.32. The highest BCUT2D eigenvalue weighted by Gasteiger charge is 2.12. The molecule has 0 unspecified atom stereocenters. The summed E-state index contributed by atoms with van der Waals surface area (Å²) in [5.41, 5.74) is 4.72. The van der Waals surface area contributed by atoms with Crippen LogP contribution in [0.2, 0.25) is 0 Å². The van der Waals surface area contributed by atoms with Gasteiger partial charge in [0.15, 0.2) is 5.82 Å². The molecule has 0 radical (unpaired) electrons. The van der Waals surface area contributed by atoms with Crippen LogP contribution in [0.4, 0.5) is 0 Å². The van der Waals surface area contributed by atoms with Crippen molar-refractivity contribution in [1.29, 1.82) is 0 Å². The van der Waals surface area contributed by atoms with E-state index in [4.69, 9.17) is 9.97 Å².